The number of aliphatic imine (C=N–C) groups is 1. The number of guanidine groups is 1. The molecular weight excluding hydrogens is 439 g/mol. The van der Waals surface area contributed by atoms with E-state index in [1.165, 1.54) is 57.9 Å². The third-order valence-electron chi connectivity index (χ3n) is 5.93. The minimum absolute atomic E-state index is 0. The van der Waals surface area contributed by atoms with Crippen molar-refractivity contribution >= 4 is 29.9 Å². The standard InChI is InChI=1S/C19H34N6.HI/c1-20-18(21-12-6-7-13-24-16-22-23-17-24)25-14-8-11-19(15-25)9-4-2-3-5-10-19;/h16-17H,2-15H2,1H3,(H,20,21);1H. The van der Waals surface area contributed by atoms with E-state index in [0.29, 0.717) is 5.41 Å². The lowest BCUT2D eigenvalue weighted by atomic mass is 9.74. The van der Waals surface area contributed by atoms with Crippen molar-refractivity contribution in [3.8, 4) is 0 Å². The maximum atomic E-state index is 4.57. The van der Waals surface area contributed by atoms with E-state index in [-0.39, 0.29) is 24.0 Å². The minimum Gasteiger partial charge on any atom is -0.356 e. The van der Waals surface area contributed by atoms with E-state index in [4.69, 9.17) is 0 Å². The van der Waals surface area contributed by atoms with Gasteiger partial charge < -0.3 is 14.8 Å². The lowest BCUT2D eigenvalue weighted by Crippen LogP contribution is -2.50. The molecule has 2 fully saturated rings. The number of likely N-dealkylation sites (tertiary alicyclic amines) is 1. The molecule has 1 saturated carbocycles. The molecule has 7 heteroatoms. The van der Waals surface area contributed by atoms with Crippen molar-refractivity contribution in [3.05, 3.63) is 12.7 Å². The van der Waals surface area contributed by atoms with Crippen LogP contribution in [0.5, 0.6) is 0 Å². The van der Waals surface area contributed by atoms with Crippen LogP contribution in [0.3, 0.4) is 0 Å². The number of unbranched alkanes of at least 4 members (excludes halogenated alkanes) is 1. The first-order chi connectivity index (χ1) is 12.3. The molecule has 2 aliphatic rings. The van der Waals surface area contributed by atoms with Crippen molar-refractivity contribution in [1.82, 2.24) is 25.0 Å². The predicted molar refractivity (Wildman–Crippen MR) is 117 cm³/mol. The Labute approximate surface area is 175 Å². The van der Waals surface area contributed by atoms with Crippen molar-refractivity contribution in [2.75, 3.05) is 26.7 Å². The van der Waals surface area contributed by atoms with E-state index in [2.05, 4.69) is 25.4 Å². The van der Waals surface area contributed by atoms with Crippen molar-refractivity contribution in [2.24, 2.45) is 10.4 Å². The van der Waals surface area contributed by atoms with Gasteiger partial charge in [0.25, 0.3) is 0 Å². The minimum atomic E-state index is 0. The Morgan fingerprint density at radius 1 is 1.04 bits per heavy atom. The average Bonchev–Trinajstić information content (AvgIpc) is 3.05. The normalized spacial score (nSPS) is 20.5. The smallest absolute Gasteiger partial charge is 0.193 e. The van der Waals surface area contributed by atoms with E-state index in [9.17, 15) is 0 Å². The van der Waals surface area contributed by atoms with Gasteiger partial charge in [0.1, 0.15) is 12.7 Å². The second kappa shape index (κ2) is 11.1. The highest BCUT2D eigenvalue weighted by Crippen LogP contribution is 2.42. The third kappa shape index (κ3) is 6.09. The van der Waals surface area contributed by atoms with Crippen LogP contribution in [0.15, 0.2) is 17.6 Å². The number of nitrogens with one attached hydrogen (secondary N) is 1. The van der Waals surface area contributed by atoms with Crippen LogP contribution >= 0.6 is 24.0 Å². The Hall–Kier alpha value is -0.860. The van der Waals surface area contributed by atoms with Crippen molar-refractivity contribution in [2.45, 2.75) is 70.8 Å². The van der Waals surface area contributed by atoms with Crippen LogP contribution in [0.25, 0.3) is 0 Å². The van der Waals surface area contributed by atoms with Gasteiger partial charge in [-0.2, -0.15) is 0 Å². The summed E-state index contributed by atoms with van der Waals surface area (Å²) in [6.07, 6.45) is 17.1. The second-order valence-electron chi connectivity index (χ2n) is 7.82. The molecule has 1 aromatic heterocycles. The summed E-state index contributed by atoms with van der Waals surface area (Å²) in [5.74, 6) is 1.10. The zero-order valence-corrected chi connectivity index (χ0v) is 18.5. The quantitative estimate of drug-likeness (QED) is 0.306. The summed E-state index contributed by atoms with van der Waals surface area (Å²) < 4.78 is 2.04. The Kier molecular flexibility index (Phi) is 9.15. The summed E-state index contributed by atoms with van der Waals surface area (Å²) >= 11 is 0. The van der Waals surface area contributed by atoms with Gasteiger partial charge in [0.05, 0.1) is 0 Å². The summed E-state index contributed by atoms with van der Waals surface area (Å²) in [7, 11) is 1.92. The van der Waals surface area contributed by atoms with E-state index >= 15 is 0 Å². The molecule has 6 nitrogen and oxygen atoms in total. The predicted octanol–water partition coefficient (Wildman–Crippen LogP) is 3.69. The third-order valence-corrected chi connectivity index (χ3v) is 5.93. The summed E-state index contributed by atoms with van der Waals surface area (Å²) in [6.45, 7) is 4.33. The Bertz CT molecular complexity index is 522. The SMILES string of the molecule is CN=C(NCCCCn1cnnc1)N1CCCC2(CCCCCC2)C1.I. The van der Waals surface area contributed by atoms with Crippen LogP contribution in [-0.4, -0.2) is 52.3 Å². The fourth-order valence-corrected chi connectivity index (χ4v) is 4.56. The molecule has 1 N–H and O–H groups in total. The number of halogens is 1. The summed E-state index contributed by atoms with van der Waals surface area (Å²) in [5.41, 5.74) is 0.556. The lowest BCUT2D eigenvalue weighted by molar-refractivity contribution is 0.115. The van der Waals surface area contributed by atoms with Crippen LogP contribution < -0.4 is 5.32 Å². The number of aryl methyl sites for hydroxylation is 1. The molecule has 0 atom stereocenters. The fourth-order valence-electron chi connectivity index (χ4n) is 4.56. The lowest BCUT2D eigenvalue weighted by Gasteiger charge is -2.44. The van der Waals surface area contributed by atoms with Gasteiger partial charge in [-0.15, -0.1) is 34.2 Å². The highest BCUT2D eigenvalue weighted by atomic mass is 127. The van der Waals surface area contributed by atoms with Gasteiger partial charge >= 0.3 is 0 Å². The summed E-state index contributed by atoms with van der Waals surface area (Å²) in [5, 5.41) is 11.3. The number of rotatable bonds is 5. The molecule has 2 heterocycles. The first-order valence-electron chi connectivity index (χ1n) is 10.1. The van der Waals surface area contributed by atoms with Gasteiger partial charge in [-0.25, -0.2) is 0 Å². The first-order valence-corrected chi connectivity index (χ1v) is 10.1. The monoisotopic (exact) mass is 474 g/mol. The van der Waals surface area contributed by atoms with Crippen LogP contribution in [0.1, 0.15) is 64.2 Å². The highest BCUT2D eigenvalue weighted by molar-refractivity contribution is 14.0. The van der Waals surface area contributed by atoms with E-state index in [1.807, 2.05) is 11.6 Å². The van der Waals surface area contributed by atoms with Crippen molar-refractivity contribution in [1.29, 1.82) is 0 Å². The number of hydrogen-bond donors (Lipinski definition) is 1. The van der Waals surface area contributed by atoms with Crippen LogP contribution in [0.2, 0.25) is 0 Å². The molecule has 0 amide bonds. The largest absolute Gasteiger partial charge is 0.356 e. The number of hydrogen-bond acceptors (Lipinski definition) is 3. The molecule has 1 aromatic rings. The highest BCUT2D eigenvalue weighted by Gasteiger charge is 2.36. The number of piperidine rings is 1. The Balaban J connectivity index is 0.00000243. The zero-order valence-electron chi connectivity index (χ0n) is 16.2. The molecule has 1 aliphatic heterocycles. The van der Waals surface area contributed by atoms with Crippen LogP contribution in [0, 0.1) is 5.41 Å². The van der Waals surface area contributed by atoms with Crippen molar-refractivity contribution in [3.63, 3.8) is 0 Å². The van der Waals surface area contributed by atoms with E-state index in [1.54, 1.807) is 12.7 Å². The number of nitrogens with zero attached hydrogens (tertiary/aromatic N) is 5. The Morgan fingerprint density at radius 3 is 2.42 bits per heavy atom. The van der Waals surface area contributed by atoms with Gasteiger partial charge in [0.15, 0.2) is 5.96 Å². The Morgan fingerprint density at radius 2 is 1.73 bits per heavy atom. The first kappa shape index (κ1) is 21.4. The maximum absolute atomic E-state index is 4.57. The fraction of sp³-hybridized carbons (Fsp3) is 0.842. The molecule has 0 radical (unpaired) electrons. The van der Waals surface area contributed by atoms with Gasteiger partial charge in [-0.3, -0.25) is 4.99 Å². The zero-order chi connectivity index (χ0) is 17.4. The molecular formula is C19H35IN6. The summed E-state index contributed by atoms with van der Waals surface area (Å²) in [4.78, 5) is 7.09. The average molecular weight is 474 g/mol. The molecule has 1 saturated heterocycles. The van der Waals surface area contributed by atoms with Gasteiger partial charge in [0.2, 0.25) is 0 Å². The number of aromatic nitrogens is 3. The van der Waals surface area contributed by atoms with Gasteiger partial charge in [0, 0.05) is 33.2 Å². The van der Waals surface area contributed by atoms with E-state index in [0.717, 1.165) is 38.4 Å². The molecule has 1 spiro atoms. The van der Waals surface area contributed by atoms with Gasteiger partial charge in [-0.1, -0.05) is 25.7 Å². The van der Waals surface area contributed by atoms with Gasteiger partial charge in [-0.05, 0) is 43.9 Å². The molecule has 0 bridgehead atoms. The molecule has 0 aromatic carbocycles. The topological polar surface area (TPSA) is 58.3 Å². The van der Waals surface area contributed by atoms with Crippen molar-refractivity contribution < 1.29 is 0 Å². The van der Waals surface area contributed by atoms with Crippen LogP contribution in [-0.2, 0) is 6.54 Å². The van der Waals surface area contributed by atoms with E-state index < -0.39 is 0 Å². The molecule has 0 unspecified atom stereocenters. The maximum Gasteiger partial charge on any atom is 0.193 e. The second-order valence-corrected chi connectivity index (χ2v) is 7.82. The molecule has 3 rings (SSSR count). The molecule has 26 heavy (non-hydrogen) atoms. The van der Waals surface area contributed by atoms with Crippen LogP contribution in [0.4, 0.5) is 0 Å². The molecule has 1 aliphatic carbocycles. The molecule has 148 valence electrons. The summed E-state index contributed by atoms with van der Waals surface area (Å²) in [6, 6.07) is 0.